The van der Waals surface area contributed by atoms with Gasteiger partial charge >= 0.3 is 5.97 Å². The van der Waals surface area contributed by atoms with E-state index in [2.05, 4.69) is 4.98 Å². The van der Waals surface area contributed by atoms with Crippen LogP contribution in [0, 0.1) is 3.57 Å². The maximum absolute atomic E-state index is 12.5. The molecule has 0 saturated heterocycles. The van der Waals surface area contributed by atoms with Crippen LogP contribution in [0.2, 0.25) is 0 Å². The molecule has 0 bridgehead atoms. The number of hydrogen-bond donors (Lipinski definition) is 2. The number of carbonyl (C=O) groups is 1. The molecule has 1 heterocycles. The number of halogens is 3. The Balaban J connectivity index is 3.33. The van der Waals surface area contributed by atoms with E-state index in [1.165, 1.54) is 6.20 Å². The molecule has 1 aromatic rings. The van der Waals surface area contributed by atoms with Crippen LogP contribution in [0.25, 0.3) is 0 Å². The molecule has 2 N–H and O–H groups in total. The second-order valence-corrected chi connectivity index (χ2v) is 3.89. The summed E-state index contributed by atoms with van der Waals surface area (Å²) in [5.41, 5.74) is -1.83. The number of aromatic amines is 1. The molecule has 15 heavy (non-hydrogen) atoms. The molecule has 0 aliphatic carbocycles. The lowest BCUT2D eigenvalue weighted by molar-refractivity contribution is -0.136. The topological polar surface area (TPSA) is 70.2 Å². The lowest BCUT2D eigenvalue weighted by atomic mass is 10.1. The van der Waals surface area contributed by atoms with Gasteiger partial charge in [-0.15, -0.1) is 0 Å². The van der Waals surface area contributed by atoms with Crippen LogP contribution in [0.15, 0.2) is 11.0 Å². The van der Waals surface area contributed by atoms with Crippen LogP contribution >= 0.6 is 22.6 Å². The molecule has 0 aliphatic rings. The van der Waals surface area contributed by atoms with E-state index in [0.29, 0.717) is 0 Å². The number of pyridine rings is 1. The van der Waals surface area contributed by atoms with Gasteiger partial charge in [0, 0.05) is 11.9 Å². The summed E-state index contributed by atoms with van der Waals surface area (Å²) in [5.74, 6) is -1.27. The molecule has 82 valence electrons. The zero-order chi connectivity index (χ0) is 11.6. The van der Waals surface area contributed by atoms with Gasteiger partial charge in [-0.05, 0) is 22.6 Å². The highest BCUT2D eigenvalue weighted by Gasteiger charge is 2.20. The number of nitrogens with one attached hydrogen (secondary N) is 1. The number of H-pyrrole nitrogens is 1. The molecule has 7 heteroatoms. The Kier molecular flexibility index (Phi) is 3.77. The fourth-order valence-electron chi connectivity index (χ4n) is 1.09. The second kappa shape index (κ2) is 4.69. The van der Waals surface area contributed by atoms with Crippen molar-refractivity contribution in [1.29, 1.82) is 0 Å². The van der Waals surface area contributed by atoms with Crippen LogP contribution in [0.5, 0.6) is 0 Å². The quantitative estimate of drug-likeness (QED) is 0.827. The predicted octanol–water partition coefficient (Wildman–Crippen LogP) is 1.54. The van der Waals surface area contributed by atoms with Gasteiger partial charge in [-0.2, -0.15) is 0 Å². The zero-order valence-corrected chi connectivity index (χ0v) is 9.42. The van der Waals surface area contributed by atoms with E-state index in [1.54, 1.807) is 22.6 Å². The number of alkyl halides is 2. The molecule has 0 spiro atoms. The van der Waals surface area contributed by atoms with Crippen molar-refractivity contribution < 1.29 is 18.7 Å². The van der Waals surface area contributed by atoms with Crippen molar-refractivity contribution in [1.82, 2.24) is 4.98 Å². The van der Waals surface area contributed by atoms with E-state index in [0.717, 1.165) is 0 Å². The number of hydrogen-bond acceptors (Lipinski definition) is 2. The van der Waals surface area contributed by atoms with Crippen LogP contribution in [0.4, 0.5) is 8.78 Å². The SMILES string of the molecule is O=C(O)Cc1[nH]cc(I)c(=O)c1C(F)F. The minimum atomic E-state index is -2.97. The number of aromatic nitrogens is 1. The monoisotopic (exact) mass is 329 g/mol. The van der Waals surface area contributed by atoms with E-state index in [1.807, 2.05) is 0 Å². The van der Waals surface area contributed by atoms with Crippen molar-refractivity contribution in [2.24, 2.45) is 0 Å². The van der Waals surface area contributed by atoms with Crippen molar-refractivity contribution in [3.05, 3.63) is 31.2 Å². The zero-order valence-electron chi connectivity index (χ0n) is 7.26. The minimum Gasteiger partial charge on any atom is -0.481 e. The summed E-state index contributed by atoms with van der Waals surface area (Å²) in [6.45, 7) is 0. The number of rotatable bonds is 3. The molecule has 1 rings (SSSR count). The first kappa shape index (κ1) is 12.1. The van der Waals surface area contributed by atoms with Crippen LogP contribution in [0.1, 0.15) is 17.7 Å². The van der Waals surface area contributed by atoms with Gasteiger partial charge in [0.1, 0.15) is 0 Å². The molecular weight excluding hydrogens is 323 g/mol. The molecule has 0 fully saturated rings. The molecule has 0 aliphatic heterocycles. The largest absolute Gasteiger partial charge is 0.481 e. The number of carboxylic acid groups (broad SMARTS) is 1. The first-order chi connectivity index (χ1) is 6.93. The summed E-state index contributed by atoms with van der Waals surface area (Å²) in [4.78, 5) is 24.1. The average Bonchev–Trinajstić information content (AvgIpc) is 2.10. The number of aliphatic carboxylic acids is 1. The van der Waals surface area contributed by atoms with Crippen molar-refractivity contribution in [3.8, 4) is 0 Å². The molecule has 4 nitrogen and oxygen atoms in total. The average molecular weight is 329 g/mol. The Hall–Kier alpha value is -0.990. The first-order valence-corrected chi connectivity index (χ1v) is 4.91. The Morgan fingerprint density at radius 2 is 2.20 bits per heavy atom. The molecule has 0 amide bonds. The van der Waals surface area contributed by atoms with Gasteiger partial charge in [-0.1, -0.05) is 0 Å². The lowest BCUT2D eigenvalue weighted by Crippen LogP contribution is -2.19. The van der Waals surface area contributed by atoms with Crippen molar-refractivity contribution in [3.63, 3.8) is 0 Å². The van der Waals surface area contributed by atoms with Gasteiger partial charge in [0.05, 0.1) is 15.6 Å². The predicted molar refractivity (Wildman–Crippen MR) is 56.1 cm³/mol. The Bertz CT molecular complexity index is 444. The fraction of sp³-hybridized carbons (Fsp3) is 0.250. The first-order valence-electron chi connectivity index (χ1n) is 3.83. The molecule has 0 radical (unpaired) electrons. The second-order valence-electron chi connectivity index (χ2n) is 2.73. The maximum Gasteiger partial charge on any atom is 0.309 e. The van der Waals surface area contributed by atoms with Gasteiger partial charge in [-0.25, -0.2) is 8.78 Å². The summed E-state index contributed by atoms with van der Waals surface area (Å²) < 4.78 is 25.1. The summed E-state index contributed by atoms with van der Waals surface area (Å²) in [7, 11) is 0. The Morgan fingerprint density at radius 3 is 2.67 bits per heavy atom. The van der Waals surface area contributed by atoms with Gasteiger partial charge in [0.2, 0.25) is 5.43 Å². The third-order valence-electron chi connectivity index (χ3n) is 1.71. The summed E-state index contributed by atoms with van der Waals surface area (Å²) in [5, 5.41) is 8.46. The van der Waals surface area contributed by atoms with Gasteiger partial charge in [-0.3, -0.25) is 9.59 Å². The molecule has 1 aromatic heterocycles. The standard InChI is InChI=1S/C8H6F2INO3/c9-8(10)6-4(1-5(13)14)12-2-3(11)7(6)15/h2,8H,1H2,(H,12,15)(H,13,14). The fourth-order valence-corrected chi connectivity index (χ4v) is 1.53. The highest BCUT2D eigenvalue weighted by atomic mass is 127. The van der Waals surface area contributed by atoms with Crippen LogP contribution in [0.3, 0.4) is 0 Å². The van der Waals surface area contributed by atoms with E-state index in [9.17, 15) is 18.4 Å². The van der Waals surface area contributed by atoms with Crippen molar-refractivity contribution >= 4 is 28.6 Å². The summed E-state index contributed by atoms with van der Waals surface area (Å²) >= 11 is 1.61. The molecular formula is C8H6F2INO3. The molecule has 0 aromatic carbocycles. The highest BCUT2D eigenvalue weighted by Crippen LogP contribution is 2.19. The Labute approximate surface area is 96.5 Å². The van der Waals surface area contributed by atoms with Crippen molar-refractivity contribution in [2.45, 2.75) is 12.8 Å². The van der Waals surface area contributed by atoms with Crippen LogP contribution < -0.4 is 5.43 Å². The minimum absolute atomic E-state index is 0.108. The Morgan fingerprint density at radius 1 is 1.60 bits per heavy atom. The maximum atomic E-state index is 12.5. The number of carboxylic acids is 1. The van der Waals surface area contributed by atoms with E-state index in [4.69, 9.17) is 5.11 Å². The van der Waals surface area contributed by atoms with Gasteiger partial charge < -0.3 is 10.1 Å². The van der Waals surface area contributed by atoms with Crippen LogP contribution in [-0.4, -0.2) is 16.1 Å². The normalized spacial score (nSPS) is 10.7. The van der Waals surface area contributed by atoms with Crippen molar-refractivity contribution in [2.75, 3.05) is 0 Å². The van der Waals surface area contributed by atoms with E-state index >= 15 is 0 Å². The molecule has 0 unspecified atom stereocenters. The third kappa shape index (κ3) is 2.74. The summed E-state index contributed by atoms with van der Waals surface area (Å²) in [6.07, 6.45) is -2.38. The highest BCUT2D eigenvalue weighted by molar-refractivity contribution is 14.1. The smallest absolute Gasteiger partial charge is 0.309 e. The molecule has 0 saturated carbocycles. The van der Waals surface area contributed by atoms with E-state index in [-0.39, 0.29) is 9.26 Å². The summed E-state index contributed by atoms with van der Waals surface area (Å²) in [6, 6.07) is 0. The van der Waals surface area contributed by atoms with Crippen LogP contribution in [-0.2, 0) is 11.2 Å². The lowest BCUT2D eigenvalue weighted by Gasteiger charge is -2.06. The van der Waals surface area contributed by atoms with Gasteiger partial charge in [0.25, 0.3) is 6.43 Å². The third-order valence-corrected chi connectivity index (χ3v) is 2.51. The molecule has 0 atom stereocenters. The van der Waals surface area contributed by atoms with Gasteiger partial charge in [0.15, 0.2) is 0 Å². The van der Waals surface area contributed by atoms with E-state index < -0.39 is 29.8 Å².